The molecule has 2 aromatic rings. The Bertz CT molecular complexity index is 2060. The Morgan fingerprint density at radius 3 is 2.63 bits per heavy atom. The van der Waals surface area contributed by atoms with E-state index in [1.165, 1.54) is 60.0 Å². The molecule has 2 atom stereocenters. The first kappa shape index (κ1) is 36.2. The number of benzene rings is 1. The summed E-state index contributed by atoms with van der Waals surface area (Å²) >= 11 is 3.47. The third-order valence-electron chi connectivity index (χ3n) is 7.85. The van der Waals surface area contributed by atoms with Crippen molar-refractivity contribution in [3.8, 4) is 11.5 Å². The van der Waals surface area contributed by atoms with Gasteiger partial charge in [-0.15, -0.1) is 40.4 Å². The highest BCUT2D eigenvalue weighted by Gasteiger charge is 2.57. The molecule has 19 nitrogen and oxygen atoms in total. The minimum absolute atomic E-state index is 0.00879. The summed E-state index contributed by atoms with van der Waals surface area (Å²) in [7, 11) is 0. The molecule has 0 radical (unpaired) electrons. The van der Waals surface area contributed by atoms with Crippen molar-refractivity contribution in [1.29, 1.82) is 0 Å². The molecule has 52 heavy (non-hydrogen) atoms. The number of nitrogen functional groups attached to an aromatic ring is 1. The molecule has 6 rings (SSSR count). The summed E-state index contributed by atoms with van der Waals surface area (Å²) in [6, 6.07) is 2.27. The highest BCUT2D eigenvalue weighted by Crippen LogP contribution is 2.45. The number of anilines is 2. The second kappa shape index (κ2) is 13.9. The Morgan fingerprint density at radius 2 is 1.98 bits per heavy atom. The number of aliphatic imine (C=N–C) groups is 1. The van der Waals surface area contributed by atoms with Crippen LogP contribution in [0.1, 0.15) is 31.1 Å². The Labute approximate surface area is 306 Å². The van der Waals surface area contributed by atoms with E-state index >= 15 is 0 Å². The number of nitrogens with two attached hydrogens (primary N) is 1. The zero-order valence-corrected chi connectivity index (χ0v) is 29.7. The molecule has 22 heteroatoms. The number of amides is 3. The van der Waals surface area contributed by atoms with Crippen LogP contribution in [-0.2, 0) is 19.2 Å². The number of thioether (sulfide) groups is 2. The van der Waals surface area contributed by atoms with Crippen molar-refractivity contribution >= 4 is 87.4 Å². The zero-order valence-electron chi connectivity index (χ0n) is 27.3. The van der Waals surface area contributed by atoms with Crippen LogP contribution in [0.15, 0.2) is 68.1 Å². The van der Waals surface area contributed by atoms with Gasteiger partial charge in [0.25, 0.3) is 11.8 Å². The van der Waals surface area contributed by atoms with Gasteiger partial charge in [-0.05, 0) is 50.6 Å². The minimum Gasteiger partial charge on any atom is -0.504 e. The Balaban J connectivity index is 1.19. The van der Waals surface area contributed by atoms with Crippen molar-refractivity contribution in [2.75, 3.05) is 22.1 Å². The van der Waals surface area contributed by atoms with Gasteiger partial charge in [0.15, 0.2) is 28.1 Å². The van der Waals surface area contributed by atoms with E-state index in [2.05, 4.69) is 20.7 Å². The molecule has 3 amide bonds. The number of fused-ring (bicyclic) bond motifs is 2. The molecule has 1 aromatic carbocycles. The number of carboxylic acids is 1. The first-order chi connectivity index (χ1) is 24.6. The molecular weight excluding hydrogens is 743 g/mol. The molecule has 0 saturated carbocycles. The molecule has 272 valence electrons. The molecule has 0 aliphatic carbocycles. The number of nitrogens with one attached hydrogen (secondary N) is 1. The number of rotatable bonds is 11. The molecule has 1 aromatic heterocycles. The SMILES string of the molecule is CC1=NC2=CN(C(=O)O)NN2C(SCC2=C(C(=O)O)N3C(=O)[C@@H](N(C(=O)C=NOC(C)(C)C(=O)c4ccc(O)c(O)c4)c4csc(N)n4)[C@H]3SC2)=C1. The van der Waals surface area contributed by atoms with E-state index in [-0.39, 0.29) is 33.7 Å². The molecule has 0 bridgehead atoms. The van der Waals surface area contributed by atoms with Gasteiger partial charge in [-0.1, -0.05) is 5.16 Å². The van der Waals surface area contributed by atoms with Gasteiger partial charge in [-0.2, -0.15) is 5.01 Å². The predicted molar refractivity (Wildman–Crippen MR) is 190 cm³/mol. The number of hydrazine groups is 2. The van der Waals surface area contributed by atoms with E-state index in [1.54, 1.807) is 13.0 Å². The number of β-lactam (4-membered cyclic amide) rings is 1. The monoisotopic (exact) mass is 771 g/mol. The molecule has 5 heterocycles. The second-order valence-electron chi connectivity index (χ2n) is 11.8. The standard InChI is InChI=1S/C30H29N9O10S3/c1-13-6-21(39-18(33-13)9-36(35-39)29(47)48)50-10-15-11-51-26-23(25(44)38(26)22(15)27(45)46)37(19-12-52-28(31)34-19)20(42)8-32-49-30(2,3)24(43)14-4-5-16(40)17(41)7-14/h4-9,12,23,26,35,40-41H,10-11H2,1-3H3,(H2,31,34)(H,45,46)(H,47,48)/t23-,26-/m1/s1. The third-order valence-corrected chi connectivity index (χ3v) is 10.9. The molecule has 0 unspecified atom stereocenters. The number of thiazole rings is 1. The third kappa shape index (κ3) is 6.75. The summed E-state index contributed by atoms with van der Waals surface area (Å²) in [5, 5.41) is 46.3. The zero-order chi connectivity index (χ0) is 37.6. The summed E-state index contributed by atoms with van der Waals surface area (Å²) in [5.74, 6) is -3.81. The maximum atomic E-state index is 13.8. The van der Waals surface area contributed by atoms with Crippen LogP contribution in [0.25, 0.3) is 0 Å². The van der Waals surface area contributed by atoms with Crippen molar-refractivity contribution in [3.63, 3.8) is 0 Å². The van der Waals surface area contributed by atoms with Gasteiger partial charge in [-0.3, -0.25) is 24.2 Å². The van der Waals surface area contributed by atoms with E-state index in [0.717, 1.165) is 44.5 Å². The van der Waals surface area contributed by atoms with E-state index in [1.807, 2.05) is 0 Å². The second-order valence-corrected chi connectivity index (χ2v) is 14.8. The van der Waals surface area contributed by atoms with Crippen molar-refractivity contribution in [1.82, 2.24) is 25.4 Å². The summed E-state index contributed by atoms with van der Waals surface area (Å²) in [4.78, 5) is 80.6. The highest BCUT2D eigenvalue weighted by molar-refractivity contribution is 8.03. The number of phenolic OH excluding ortho intramolecular Hbond substituents is 2. The Hall–Kier alpha value is -5.58. The summed E-state index contributed by atoms with van der Waals surface area (Å²) < 4.78 is 0. The van der Waals surface area contributed by atoms with Crippen LogP contribution in [0.5, 0.6) is 11.5 Å². The number of aliphatic carboxylic acids is 1. The lowest BCUT2D eigenvalue weighted by Gasteiger charge is -2.52. The summed E-state index contributed by atoms with van der Waals surface area (Å²) in [5.41, 5.74) is 7.68. The number of hydrogen-bond donors (Lipinski definition) is 6. The molecule has 1 fully saturated rings. The van der Waals surface area contributed by atoms with Crippen LogP contribution in [0, 0.1) is 0 Å². The Morgan fingerprint density at radius 1 is 1.23 bits per heavy atom. The maximum Gasteiger partial charge on any atom is 0.427 e. The van der Waals surface area contributed by atoms with Gasteiger partial charge in [0.1, 0.15) is 29.1 Å². The molecule has 1 saturated heterocycles. The first-order valence-corrected chi connectivity index (χ1v) is 17.9. The number of allylic oxidation sites excluding steroid dienone is 1. The average Bonchev–Trinajstić information content (AvgIpc) is 3.72. The van der Waals surface area contributed by atoms with Gasteiger partial charge < -0.3 is 31.0 Å². The van der Waals surface area contributed by atoms with E-state index < -0.39 is 58.2 Å². The topological polar surface area (TPSA) is 264 Å². The van der Waals surface area contributed by atoms with Crippen LogP contribution in [0.4, 0.5) is 15.7 Å². The summed E-state index contributed by atoms with van der Waals surface area (Å²) in [6.45, 7) is 4.49. The number of oxime groups is 1. The van der Waals surface area contributed by atoms with Gasteiger partial charge in [-0.25, -0.2) is 24.6 Å². The average molecular weight is 772 g/mol. The number of phenols is 2. The predicted octanol–water partition coefficient (Wildman–Crippen LogP) is 2.32. The molecule has 4 aliphatic rings. The number of Topliss-reactive ketones (excluding diaryl/α,β-unsaturated/α-hetero) is 1. The fourth-order valence-electron chi connectivity index (χ4n) is 5.40. The van der Waals surface area contributed by atoms with Crippen molar-refractivity contribution in [3.05, 3.63) is 63.5 Å². The summed E-state index contributed by atoms with van der Waals surface area (Å²) in [6.07, 6.45) is 2.50. The lowest BCUT2D eigenvalue weighted by molar-refractivity contribution is -0.148. The number of carbonyl (C=O) groups excluding carboxylic acids is 3. The number of carbonyl (C=O) groups is 5. The normalized spacial score (nSPS) is 19.8. The smallest absolute Gasteiger partial charge is 0.427 e. The molecule has 0 spiro atoms. The van der Waals surface area contributed by atoms with Gasteiger partial charge in [0.05, 0.1) is 11.2 Å². The quantitative estimate of drug-likeness (QED) is 0.0629. The van der Waals surface area contributed by atoms with Crippen LogP contribution < -0.4 is 16.2 Å². The molecule has 4 aliphatic heterocycles. The number of carboxylic acid groups (broad SMARTS) is 2. The molecule has 7 N–H and O–H groups in total. The fraction of sp³-hybridized carbons (Fsp3) is 0.267. The van der Waals surface area contributed by atoms with Crippen LogP contribution in [0.2, 0.25) is 0 Å². The number of nitrogens with zero attached hydrogens (tertiary/aromatic N) is 7. The van der Waals surface area contributed by atoms with Crippen molar-refractivity contribution < 1.29 is 49.2 Å². The lowest BCUT2D eigenvalue weighted by Crippen LogP contribution is -2.72. The van der Waals surface area contributed by atoms with E-state index in [4.69, 9.17) is 10.6 Å². The lowest BCUT2D eigenvalue weighted by atomic mass is 9.96. The van der Waals surface area contributed by atoms with E-state index in [9.17, 15) is 44.4 Å². The number of aromatic nitrogens is 1. The van der Waals surface area contributed by atoms with Crippen molar-refractivity contribution in [2.24, 2.45) is 10.1 Å². The fourth-order valence-corrected chi connectivity index (χ4v) is 8.54. The first-order valence-electron chi connectivity index (χ1n) is 15.0. The number of ketones is 1. The maximum absolute atomic E-state index is 13.8. The van der Waals surface area contributed by atoms with Crippen LogP contribution in [-0.4, -0.2) is 110 Å². The minimum atomic E-state index is -1.63. The van der Waals surface area contributed by atoms with Crippen LogP contribution >= 0.6 is 34.9 Å². The Kier molecular flexibility index (Phi) is 9.65. The largest absolute Gasteiger partial charge is 0.504 e. The molecular formula is C30H29N9O10S3. The van der Waals surface area contributed by atoms with Gasteiger partial charge in [0.2, 0.25) is 5.78 Å². The van der Waals surface area contributed by atoms with E-state index in [0.29, 0.717) is 22.1 Å². The van der Waals surface area contributed by atoms with Crippen molar-refractivity contribution in [2.45, 2.75) is 37.8 Å². The van der Waals surface area contributed by atoms with Gasteiger partial charge >= 0.3 is 12.1 Å². The highest BCUT2D eigenvalue weighted by atomic mass is 32.2. The van der Waals surface area contributed by atoms with Crippen LogP contribution in [0.3, 0.4) is 0 Å². The number of aromatic hydroxyl groups is 2. The van der Waals surface area contributed by atoms with Gasteiger partial charge in [0, 0.05) is 28.2 Å². The number of hydrogen-bond acceptors (Lipinski definition) is 17.